The minimum atomic E-state index is 0. The summed E-state index contributed by atoms with van der Waals surface area (Å²) < 4.78 is 10.9. The Labute approximate surface area is 388 Å². The Hall–Kier alpha value is -2.98. The SMILES string of the molecule is COc1ccc(CN(C/C=C(\C)CC/C=C(\C)CC/C=C(\C)CC/C=C(\C)CC/C=C(\C)CC/C=C(\C)CC/C=C(\C)CC/C=C(\C)CCC=C(C)C)CCCl)cc1OC.Cl. The van der Waals surface area contributed by atoms with Gasteiger partial charge in [0.05, 0.1) is 14.2 Å². The van der Waals surface area contributed by atoms with Gasteiger partial charge in [-0.15, -0.1) is 24.0 Å². The van der Waals surface area contributed by atoms with Crippen LogP contribution in [0.15, 0.2) is 123 Å². The smallest absolute Gasteiger partial charge is 0.161 e. The monoisotopic (exact) mass is 878 g/mol. The standard InChI is InChI=1S/C56H88ClNO2.ClH/c1-45(2)21-13-22-46(3)23-14-24-47(4)25-15-26-48(5)27-16-28-49(6)29-17-30-50(7)31-18-32-51(8)33-19-34-52(9)35-20-36-53(10)39-41-58(42-40-57)44-54-37-38-55(59-11)56(43-54)60-12;/h21,23,25,27,29,31,33,35,37-39,43H,13-20,22,24,26,28,30,32,34,36,40-42,44H2,1-12H3;1H/b46-23+,47-25+,48-27+,49-29+,50-31+,51-33+,52-35+,53-39+;. The maximum Gasteiger partial charge on any atom is 0.161 e. The molecule has 0 amide bonds. The van der Waals surface area contributed by atoms with E-state index in [1.165, 1.54) is 87.8 Å². The summed E-state index contributed by atoms with van der Waals surface area (Å²) >= 11 is 6.15. The first kappa shape index (κ1) is 58.0. The van der Waals surface area contributed by atoms with Crippen LogP contribution in [0.2, 0.25) is 0 Å². The van der Waals surface area contributed by atoms with Crippen molar-refractivity contribution in [3.63, 3.8) is 0 Å². The molecule has 61 heavy (non-hydrogen) atoms. The van der Waals surface area contributed by atoms with Crippen molar-refractivity contribution in [1.82, 2.24) is 4.90 Å². The van der Waals surface area contributed by atoms with E-state index in [2.05, 4.69) is 141 Å². The lowest BCUT2D eigenvalue weighted by Gasteiger charge is -2.21. The van der Waals surface area contributed by atoms with Gasteiger partial charge < -0.3 is 9.47 Å². The lowest BCUT2D eigenvalue weighted by Crippen LogP contribution is -2.25. The molecule has 0 aliphatic carbocycles. The first-order valence-electron chi connectivity index (χ1n) is 23.1. The Balaban J connectivity index is 0.0000360. The van der Waals surface area contributed by atoms with Gasteiger partial charge in [0.15, 0.2) is 11.5 Å². The number of rotatable bonds is 32. The lowest BCUT2D eigenvalue weighted by atomic mass is 10.0. The minimum absolute atomic E-state index is 0. The van der Waals surface area contributed by atoms with Gasteiger partial charge in [-0.25, -0.2) is 0 Å². The van der Waals surface area contributed by atoms with Gasteiger partial charge in [-0.05, 0) is 190 Å². The zero-order valence-corrected chi connectivity index (χ0v) is 42.7. The van der Waals surface area contributed by atoms with Crippen molar-refractivity contribution in [2.24, 2.45) is 0 Å². The average Bonchev–Trinajstić information content (AvgIpc) is 3.19. The van der Waals surface area contributed by atoms with Crippen LogP contribution in [0.3, 0.4) is 0 Å². The molecule has 0 aliphatic rings. The Kier molecular flexibility index (Phi) is 34.7. The van der Waals surface area contributed by atoms with Crippen LogP contribution < -0.4 is 9.47 Å². The molecule has 0 radical (unpaired) electrons. The summed E-state index contributed by atoms with van der Waals surface area (Å²) in [6, 6.07) is 6.12. The van der Waals surface area contributed by atoms with Gasteiger partial charge in [-0.1, -0.05) is 111 Å². The Morgan fingerprint density at radius 1 is 0.459 bits per heavy atom. The van der Waals surface area contributed by atoms with Crippen molar-refractivity contribution < 1.29 is 9.47 Å². The highest BCUT2D eigenvalue weighted by Crippen LogP contribution is 2.28. The van der Waals surface area contributed by atoms with E-state index in [1.54, 1.807) is 14.2 Å². The van der Waals surface area contributed by atoms with Crippen LogP contribution in [0.25, 0.3) is 0 Å². The topological polar surface area (TPSA) is 21.7 Å². The third-order valence-corrected chi connectivity index (χ3v) is 11.4. The molecule has 5 heteroatoms. The molecule has 0 fully saturated rings. The van der Waals surface area contributed by atoms with Gasteiger partial charge in [0.2, 0.25) is 0 Å². The summed E-state index contributed by atoms with van der Waals surface area (Å²) in [5.74, 6) is 2.13. The van der Waals surface area contributed by atoms with Crippen LogP contribution in [0.1, 0.15) is 178 Å². The van der Waals surface area contributed by atoms with Crippen molar-refractivity contribution in [3.05, 3.63) is 129 Å². The number of methoxy groups -OCH3 is 2. The van der Waals surface area contributed by atoms with Crippen molar-refractivity contribution >= 4 is 24.0 Å². The highest BCUT2D eigenvalue weighted by Gasteiger charge is 2.09. The van der Waals surface area contributed by atoms with Gasteiger partial charge in [-0.3, -0.25) is 4.90 Å². The molecule has 0 aliphatic heterocycles. The number of benzene rings is 1. The Bertz CT molecular complexity index is 1640. The molecule has 0 unspecified atom stereocenters. The zero-order valence-electron chi connectivity index (χ0n) is 41.1. The fourth-order valence-corrected chi connectivity index (χ4v) is 7.34. The largest absolute Gasteiger partial charge is 0.493 e. The second-order valence-electron chi connectivity index (χ2n) is 17.6. The van der Waals surface area contributed by atoms with Crippen LogP contribution in [-0.2, 0) is 6.54 Å². The highest BCUT2D eigenvalue weighted by atomic mass is 35.5. The quantitative estimate of drug-likeness (QED) is 0.0532. The molecule has 0 spiro atoms. The molecule has 0 saturated carbocycles. The molecular weight excluding hydrogens is 790 g/mol. The fraction of sp³-hybridized carbons (Fsp3) is 0.571. The van der Waals surface area contributed by atoms with Crippen LogP contribution in [0.4, 0.5) is 0 Å². The Morgan fingerprint density at radius 2 is 0.770 bits per heavy atom. The minimum Gasteiger partial charge on any atom is -0.493 e. The van der Waals surface area contributed by atoms with Gasteiger partial charge in [0.1, 0.15) is 0 Å². The van der Waals surface area contributed by atoms with E-state index < -0.39 is 0 Å². The molecule has 1 rings (SSSR count). The molecule has 0 saturated heterocycles. The lowest BCUT2D eigenvalue weighted by molar-refractivity contribution is 0.310. The third kappa shape index (κ3) is 31.5. The highest BCUT2D eigenvalue weighted by molar-refractivity contribution is 6.18. The second kappa shape index (κ2) is 36.5. The third-order valence-electron chi connectivity index (χ3n) is 11.3. The number of allylic oxidation sites excluding steroid dienone is 17. The van der Waals surface area contributed by atoms with Crippen molar-refractivity contribution in [1.29, 1.82) is 0 Å². The molecule has 0 N–H and O–H groups in total. The van der Waals surface area contributed by atoms with Crippen LogP contribution in [0.5, 0.6) is 11.5 Å². The predicted octanol–water partition coefficient (Wildman–Crippen LogP) is 17.9. The molecule has 3 nitrogen and oxygen atoms in total. The van der Waals surface area contributed by atoms with E-state index in [-0.39, 0.29) is 12.4 Å². The summed E-state index contributed by atoms with van der Waals surface area (Å²) in [5, 5.41) is 0. The number of nitrogens with zero attached hydrogens (tertiary/aromatic N) is 1. The molecular formula is C56H89Cl2NO2. The van der Waals surface area contributed by atoms with E-state index in [0.29, 0.717) is 5.88 Å². The number of ether oxygens (including phenoxy) is 2. The second-order valence-corrected chi connectivity index (χ2v) is 18.0. The van der Waals surface area contributed by atoms with Crippen molar-refractivity contribution in [2.75, 3.05) is 33.2 Å². The fourth-order valence-electron chi connectivity index (χ4n) is 7.11. The number of halogens is 2. The molecule has 0 atom stereocenters. The molecule has 344 valence electrons. The van der Waals surface area contributed by atoms with Crippen LogP contribution in [0, 0.1) is 0 Å². The summed E-state index contributed by atoms with van der Waals surface area (Å²) in [4.78, 5) is 2.38. The normalized spacial score (nSPS) is 13.8. The van der Waals surface area contributed by atoms with Gasteiger partial charge in [-0.2, -0.15) is 0 Å². The maximum absolute atomic E-state index is 6.15. The van der Waals surface area contributed by atoms with Gasteiger partial charge in [0.25, 0.3) is 0 Å². The summed E-state index contributed by atoms with van der Waals surface area (Å²) in [5.41, 5.74) is 14.7. The molecule has 1 aromatic carbocycles. The summed E-state index contributed by atoms with van der Waals surface area (Å²) in [6.07, 6.45) is 40.2. The first-order valence-corrected chi connectivity index (χ1v) is 23.7. The number of hydrogen-bond acceptors (Lipinski definition) is 3. The molecule has 1 aromatic rings. The van der Waals surface area contributed by atoms with Crippen LogP contribution >= 0.6 is 24.0 Å². The average molecular weight is 879 g/mol. The van der Waals surface area contributed by atoms with Crippen molar-refractivity contribution in [3.8, 4) is 11.5 Å². The number of hydrogen-bond donors (Lipinski definition) is 0. The number of alkyl halides is 1. The summed E-state index contributed by atoms with van der Waals surface area (Å²) in [6.45, 7) is 25.2. The molecule has 0 aromatic heterocycles. The van der Waals surface area contributed by atoms with Crippen molar-refractivity contribution in [2.45, 2.75) is 179 Å². The van der Waals surface area contributed by atoms with Gasteiger partial charge in [0, 0.05) is 25.5 Å². The molecule has 0 heterocycles. The van der Waals surface area contributed by atoms with Gasteiger partial charge >= 0.3 is 0 Å². The van der Waals surface area contributed by atoms with E-state index in [0.717, 1.165) is 102 Å². The molecule has 0 bridgehead atoms. The zero-order chi connectivity index (χ0) is 44.5. The Morgan fingerprint density at radius 3 is 1.07 bits per heavy atom. The van der Waals surface area contributed by atoms with E-state index in [4.69, 9.17) is 21.1 Å². The van der Waals surface area contributed by atoms with Crippen LogP contribution in [-0.4, -0.2) is 38.1 Å². The first-order chi connectivity index (χ1) is 28.8. The summed E-state index contributed by atoms with van der Waals surface area (Å²) in [7, 11) is 3.35. The van der Waals surface area contributed by atoms with E-state index >= 15 is 0 Å². The maximum atomic E-state index is 6.15. The van der Waals surface area contributed by atoms with E-state index in [1.807, 2.05) is 6.07 Å². The predicted molar refractivity (Wildman–Crippen MR) is 276 cm³/mol. The van der Waals surface area contributed by atoms with E-state index in [9.17, 15) is 0 Å².